The molecule has 0 bridgehead atoms. The van der Waals surface area contributed by atoms with Crippen molar-refractivity contribution in [2.75, 3.05) is 21.3 Å². The van der Waals surface area contributed by atoms with Crippen molar-refractivity contribution in [3.8, 4) is 0 Å². The van der Waals surface area contributed by atoms with Gasteiger partial charge in [0.15, 0.2) is 0 Å². The predicted octanol–water partition coefficient (Wildman–Crippen LogP) is -12.1. The van der Waals surface area contributed by atoms with E-state index < -0.39 is 0 Å². The summed E-state index contributed by atoms with van der Waals surface area (Å²) < 4.78 is 0. The molecule has 0 unspecified atom stereocenters. The fraction of sp³-hybridized carbons (Fsp3) is 1.00. The summed E-state index contributed by atoms with van der Waals surface area (Å²) in [6.45, 7) is 0. The molecule has 0 N–H and O–H groups in total. The maximum atomic E-state index is 8.25. The molecule has 0 radical (unpaired) electrons. The summed E-state index contributed by atoms with van der Waals surface area (Å²) in [5, 5.41) is 24.8. The molecule has 0 saturated carbocycles. The summed E-state index contributed by atoms with van der Waals surface area (Å²) in [4.78, 5) is 0. The second kappa shape index (κ2) is 260. The third-order valence-corrected chi connectivity index (χ3v) is 0. The molecule has 0 aliphatic carbocycles. The van der Waals surface area contributed by atoms with E-state index in [1.807, 2.05) is 0 Å². The van der Waals surface area contributed by atoms with E-state index in [0.29, 0.717) is 0 Å². The van der Waals surface area contributed by atoms with Crippen molar-refractivity contribution in [3.05, 3.63) is 0 Å². The molecule has 0 fully saturated rings. The van der Waals surface area contributed by atoms with Gasteiger partial charge in [0.2, 0.25) is 0 Å². The molecule has 0 saturated heterocycles. The van der Waals surface area contributed by atoms with Gasteiger partial charge in [0, 0.05) is 0 Å². The molecule has 0 heterocycles. The SMILES string of the molecule is C[O-].C[O-].C[O-].[Li+].[Li+].[Li+]. The van der Waals surface area contributed by atoms with Gasteiger partial charge in [-0.15, -0.1) is 0 Å². The van der Waals surface area contributed by atoms with Crippen LogP contribution >= 0.6 is 0 Å². The third-order valence-electron chi connectivity index (χ3n) is 0. The zero-order valence-corrected chi connectivity index (χ0v) is 7.22. The van der Waals surface area contributed by atoms with E-state index in [-0.39, 0.29) is 56.6 Å². The van der Waals surface area contributed by atoms with Crippen LogP contribution in [-0.2, 0) is 0 Å². The van der Waals surface area contributed by atoms with Gasteiger partial charge in [0.25, 0.3) is 0 Å². The summed E-state index contributed by atoms with van der Waals surface area (Å²) in [6, 6.07) is 0. The summed E-state index contributed by atoms with van der Waals surface area (Å²) in [6.07, 6.45) is 0. The zero-order chi connectivity index (χ0) is 6.00. The fourth-order valence-electron chi connectivity index (χ4n) is 0. The van der Waals surface area contributed by atoms with Crippen LogP contribution in [0.4, 0.5) is 0 Å². The van der Waals surface area contributed by atoms with Crippen LogP contribution in [0.1, 0.15) is 0 Å². The zero-order valence-electron chi connectivity index (χ0n) is 7.22. The van der Waals surface area contributed by atoms with E-state index in [9.17, 15) is 0 Å². The van der Waals surface area contributed by atoms with Crippen molar-refractivity contribution < 1.29 is 71.9 Å². The van der Waals surface area contributed by atoms with Crippen molar-refractivity contribution in [3.63, 3.8) is 0 Å². The van der Waals surface area contributed by atoms with E-state index >= 15 is 0 Å². The Labute approximate surface area is 92.8 Å². The second-order valence-electron chi connectivity index (χ2n) is 0. The van der Waals surface area contributed by atoms with Crippen molar-refractivity contribution in [2.45, 2.75) is 0 Å². The van der Waals surface area contributed by atoms with Crippen LogP contribution in [0.3, 0.4) is 0 Å². The molecule has 0 aromatic heterocycles. The fourth-order valence-corrected chi connectivity index (χ4v) is 0. The van der Waals surface area contributed by atoms with Gasteiger partial charge in [-0.2, -0.15) is 21.3 Å². The Morgan fingerprint density at radius 2 is 0.444 bits per heavy atom. The average molecular weight is 114 g/mol. The van der Waals surface area contributed by atoms with Gasteiger partial charge in [-0.05, 0) is 0 Å². The van der Waals surface area contributed by atoms with E-state index in [1.54, 1.807) is 0 Å². The van der Waals surface area contributed by atoms with Crippen molar-refractivity contribution in [1.29, 1.82) is 0 Å². The Bertz CT molecular complexity index is 14.3. The van der Waals surface area contributed by atoms with Crippen LogP contribution in [0.2, 0.25) is 0 Å². The standard InChI is InChI=1S/3CH3O.3Li/c3*1-2;;;/h3*1H3;;;/q3*-1;3*+1. The molecule has 42 valence electrons. The maximum Gasteiger partial charge on any atom is 1.00 e. The molecule has 0 spiro atoms. The predicted molar refractivity (Wildman–Crippen MR) is 17.8 cm³/mol. The summed E-state index contributed by atoms with van der Waals surface area (Å²) in [5.74, 6) is 0. The minimum absolute atomic E-state index is 0. The topological polar surface area (TPSA) is 69.2 Å². The van der Waals surface area contributed by atoms with Gasteiger partial charge in [-0.3, -0.25) is 0 Å². The van der Waals surface area contributed by atoms with Crippen LogP contribution in [-0.4, -0.2) is 21.3 Å². The molecule has 0 amide bonds. The molecular weight excluding hydrogens is 105 g/mol. The molecular formula is C3H9Li3O3. The van der Waals surface area contributed by atoms with Crippen LogP contribution in [0.5, 0.6) is 0 Å². The Morgan fingerprint density at radius 3 is 0.444 bits per heavy atom. The Balaban J connectivity index is -0.00000000321. The van der Waals surface area contributed by atoms with E-state index in [4.69, 9.17) is 15.3 Å². The van der Waals surface area contributed by atoms with Gasteiger partial charge < -0.3 is 15.3 Å². The van der Waals surface area contributed by atoms with Crippen molar-refractivity contribution in [1.82, 2.24) is 0 Å². The molecule has 0 aliphatic rings. The van der Waals surface area contributed by atoms with Gasteiger partial charge in [0.05, 0.1) is 0 Å². The third kappa shape index (κ3) is 204. The Morgan fingerprint density at radius 1 is 0.444 bits per heavy atom. The molecule has 3 nitrogen and oxygen atoms in total. The molecule has 9 heavy (non-hydrogen) atoms. The summed E-state index contributed by atoms with van der Waals surface area (Å²) in [7, 11) is 2.25. The number of hydrogen-bond acceptors (Lipinski definition) is 3. The van der Waals surface area contributed by atoms with Crippen LogP contribution in [0.15, 0.2) is 0 Å². The second-order valence-corrected chi connectivity index (χ2v) is 0. The Kier molecular flexibility index (Phi) is 1320. The van der Waals surface area contributed by atoms with Gasteiger partial charge in [-0.25, -0.2) is 0 Å². The van der Waals surface area contributed by atoms with Crippen LogP contribution < -0.4 is 71.9 Å². The monoisotopic (exact) mass is 114 g/mol. The smallest absolute Gasteiger partial charge is 0.857 e. The first kappa shape index (κ1) is 45.7. The number of rotatable bonds is 0. The number of hydrogen-bond donors (Lipinski definition) is 0. The van der Waals surface area contributed by atoms with E-state index in [2.05, 4.69) is 0 Å². The first-order chi connectivity index (χ1) is 3.00. The minimum Gasteiger partial charge on any atom is -0.857 e. The van der Waals surface area contributed by atoms with Gasteiger partial charge in [-0.1, -0.05) is 0 Å². The minimum atomic E-state index is 0. The van der Waals surface area contributed by atoms with E-state index in [1.165, 1.54) is 0 Å². The first-order valence-electron chi connectivity index (χ1n) is 1.22. The van der Waals surface area contributed by atoms with Crippen LogP contribution in [0.25, 0.3) is 0 Å². The maximum absolute atomic E-state index is 8.25. The molecule has 6 heteroatoms. The molecule has 0 aromatic rings. The van der Waals surface area contributed by atoms with Gasteiger partial charge in [0.1, 0.15) is 0 Å². The normalized spacial score (nSPS) is 2.00. The van der Waals surface area contributed by atoms with Crippen molar-refractivity contribution >= 4 is 0 Å². The van der Waals surface area contributed by atoms with E-state index in [0.717, 1.165) is 21.3 Å². The molecule has 0 aliphatic heterocycles. The molecule has 0 aromatic carbocycles. The van der Waals surface area contributed by atoms with Crippen LogP contribution in [0, 0.1) is 0 Å². The van der Waals surface area contributed by atoms with Gasteiger partial charge >= 0.3 is 56.6 Å². The largest absolute Gasteiger partial charge is 1.00 e. The summed E-state index contributed by atoms with van der Waals surface area (Å²) >= 11 is 0. The first-order valence-corrected chi connectivity index (χ1v) is 1.22. The molecule has 0 rings (SSSR count). The Hall–Kier alpha value is 1.67. The molecule has 0 atom stereocenters. The van der Waals surface area contributed by atoms with Crippen molar-refractivity contribution in [2.24, 2.45) is 0 Å². The quantitative estimate of drug-likeness (QED) is 0.293. The average Bonchev–Trinajstić information content (AvgIpc) is 1.81. The summed E-state index contributed by atoms with van der Waals surface area (Å²) in [5.41, 5.74) is 0.